The number of fused-ring (bicyclic) bond motifs is 1. The van der Waals surface area contributed by atoms with Crippen molar-refractivity contribution in [2.75, 3.05) is 22.5 Å². The SMILES string of the molecule is Cc1ccc(C2=C(C(=O)Nc3ccc4c(c3)CCN4C(=O)Cc3cccc(N)n3)CCCC2)cc1. The highest BCUT2D eigenvalue weighted by Crippen LogP contribution is 2.34. The number of aromatic nitrogens is 1. The summed E-state index contributed by atoms with van der Waals surface area (Å²) in [6.45, 7) is 2.69. The van der Waals surface area contributed by atoms with Gasteiger partial charge in [0.1, 0.15) is 5.82 Å². The van der Waals surface area contributed by atoms with Crippen molar-refractivity contribution in [3.63, 3.8) is 0 Å². The van der Waals surface area contributed by atoms with Gasteiger partial charge in [0, 0.05) is 23.5 Å². The number of allylic oxidation sites excluding steroid dienone is 1. The van der Waals surface area contributed by atoms with E-state index >= 15 is 0 Å². The molecule has 2 aromatic carbocycles. The van der Waals surface area contributed by atoms with Crippen molar-refractivity contribution >= 4 is 34.6 Å². The van der Waals surface area contributed by atoms with Crippen molar-refractivity contribution in [3.05, 3.63) is 88.6 Å². The van der Waals surface area contributed by atoms with E-state index in [0.717, 1.165) is 65.8 Å². The molecule has 2 amide bonds. The minimum absolute atomic E-state index is 0.00580. The summed E-state index contributed by atoms with van der Waals surface area (Å²) in [6.07, 6.45) is 4.82. The van der Waals surface area contributed by atoms with Crippen LogP contribution in [0.5, 0.6) is 0 Å². The first kappa shape index (κ1) is 22.8. The summed E-state index contributed by atoms with van der Waals surface area (Å²) >= 11 is 0. The summed E-state index contributed by atoms with van der Waals surface area (Å²) < 4.78 is 0. The van der Waals surface area contributed by atoms with Crippen molar-refractivity contribution in [2.45, 2.75) is 45.4 Å². The number of carbonyl (C=O) groups excluding carboxylic acids is 2. The van der Waals surface area contributed by atoms with Gasteiger partial charge in [0.15, 0.2) is 0 Å². The topological polar surface area (TPSA) is 88.3 Å². The molecule has 3 N–H and O–H groups in total. The minimum atomic E-state index is -0.0288. The van der Waals surface area contributed by atoms with E-state index in [9.17, 15) is 9.59 Å². The highest BCUT2D eigenvalue weighted by molar-refractivity contribution is 6.09. The van der Waals surface area contributed by atoms with Crippen LogP contribution >= 0.6 is 0 Å². The molecule has 0 radical (unpaired) electrons. The van der Waals surface area contributed by atoms with Crippen LogP contribution in [0.4, 0.5) is 17.2 Å². The largest absolute Gasteiger partial charge is 0.384 e. The number of nitrogens with one attached hydrogen (secondary N) is 1. The third-order valence-corrected chi connectivity index (χ3v) is 6.84. The fraction of sp³-hybridized carbons (Fsp3) is 0.276. The van der Waals surface area contributed by atoms with Crippen LogP contribution in [0.2, 0.25) is 0 Å². The molecular formula is C29H30N4O2. The van der Waals surface area contributed by atoms with Gasteiger partial charge in [-0.2, -0.15) is 0 Å². The number of amides is 2. The number of nitrogens with two attached hydrogens (primary N) is 1. The van der Waals surface area contributed by atoms with E-state index in [-0.39, 0.29) is 18.2 Å². The average molecular weight is 467 g/mol. The Kier molecular flexibility index (Phi) is 6.36. The molecule has 2 heterocycles. The summed E-state index contributed by atoms with van der Waals surface area (Å²) in [5, 5.41) is 3.12. The van der Waals surface area contributed by atoms with Crippen molar-refractivity contribution < 1.29 is 9.59 Å². The normalized spacial score (nSPS) is 15.2. The lowest BCUT2D eigenvalue weighted by Gasteiger charge is -2.21. The highest BCUT2D eigenvalue weighted by atomic mass is 16.2. The van der Waals surface area contributed by atoms with E-state index < -0.39 is 0 Å². The molecule has 0 saturated heterocycles. The van der Waals surface area contributed by atoms with Crippen LogP contribution in [0.25, 0.3) is 5.57 Å². The minimum Gasteiger partial charge on any atom is -0.384 e. The fourth-order valence-corrected chi connectivity index (χ4v) is 5.02. The Bertz CT molecular complexity index is 1310. The molecule has 0 bridgehead atoms. The van der Waals surface area contributed by atoms with E-state index in [4.69, 9.17) is 5.73 Å². The second-order valence-corrected chi connectivity index (χ2v) is 9.35. The van der Waals surface area contributed by atoms with Crippen LogP contribution in [-0.4, -0.2) is 23.3 Å². The van der Waals surface area contributed by atoms with Gasteiger partial charge in [-0.15, -0.1) is 0 Å². The van der Waals surface area contributed by atoms with Crippen molar-refractivity contribution in [3.8, 4) is 0 Å². The molecule has 0 atom stereocenters. The zero-order valence-corrected chi connectivity index (χ0v) is 20.0. The molecule has 2 aliphatic rings. The highest BCUT2D eigenvalue weighted by Gasteiger charge is 2.26. The monoisotopic (exact) mass is 466 g/mol. The molecule has 5 rings (SSSR count). The summed E-state index contributed by atoms with van der Waals surface area (Å²) in [5.41, 5.74) is 13.5. The van der Waals surface area contributed by atoms with Gasteiger partial charge in [-0.3, -0.25) is 9.59 Å². The zero-order chi connectivity index (χ0) is 24.4. The second-order valence-electron chi connectivity index (χ2n) is 9.35. The van der Waals surface area contributed by atoms with Crippen LogP contribution in [0.15, 0.2) is 66.2 Å². The molecule has 0 unspecified atom stereocenters. The standard InChI is InChI=1S/C29H30N4O2/c1-19-9-11-20(12-10-19)24-6-2-3-7-25(24)29(35)32-23-13-14-26-21(17-23)15-16-33(26)28(34)18-22-5-4-8-27(30)31-22/h4-5,8-14,17H,2-3,6-7,15-16,18H2,1H3,(H2,30,31)(H,32,35). The predicted octanol–water partition coefficient (Wildman–Crippen LogP) is 5.07. The molecule has 3 aromatic rings. The molecular weight excluding hydrogens is 436 g/mol. The van der Waals surface area contributed by atoms with Crippen LogP contribution in [0.1, 0.15) is 48.1 Å². The molecule has 35 heavy (non-hydrogen) atoms. The van der Waals surface area contributed by atoms with Crippen molar-refractivity contribution in [1.29, 1.82) is 0 Å². The van der Waals surface area contributed by atoms with Gasteiger partial charge in [-0.05, 0) is 86.1 Å². The van der Waals surface area contributed by atoms with Gasteiger partial charge in [-0.25, -0.2) is 4.98 Å². The van der Waals surface area contributed by atoms with E-state index in [1.54, 1.807) is 11.0 Å². The Balaban J connectivity index is 1.32. The first-order chi connectivity index (χ1) is 17.0. The molecule has 0 saturated carbocycles. The Labute approximate surface area is 205 Å². The Morgan fingerprint density at radius 3 is 2.60 bits per heavy atom. The van der Waals surface area contributed by atoms with Crippen molar-refractivity contribution in [1.82, 2.24) is 4.98 Å². The summed E-state index contributed by atoms with van der Waals surface area (Å²) in [5.74, 6) is 0.378. The fourth-order valence-electron chi connectivity index (χ4n) is 5.02. The van der Waals surface area contributed by atoms with Gasteiger partial charge in [-0.1, -0.05) is 35.9 Å². The van der Waals surface area contributed by atoms with E-state index in [2.05, 4.69) is 41.5 Å². The van der Waals surface area contributed by atoms with Crippen LogP contribution in [0.3, 0.4) is 0 Å². The summed E-state index contributed by atoms with van der Waals surface area (Å²) in [7, 11) is 0. The molecule has 6 heteroatoms. The summed E-state index contributed by atoms with van der Waals surface area (Å²) in [6, 6.07) is 19.6. The molecule has 6 nitrogen and oxygen atoms in total. The van der Waals surface area contributed by atoms with Crippen LogP contribution in [0, 0.1) is 6.92 Å². The Morgan fingerprint density at radius 1 is 1.00 bits per heavy atom. The first-order valence-electron chi connectivity index (χ1n) is 12.2. The maximum Gasteiger partial charge on any atom is 0.251 e. The number of pyridine rings is 1. The molecule has 0 spiro atoms. The number of hydrogen-bond acceptors (Lipinski definition) is 4. The smallest absolute Gasteiger partial charge is 0.251 e. The van der Waals surface area contributed by atoms with Crippen LogP contribution < -0.4 is 16.0 Å². The van der Waals surface area contributed by atoms with Crippen LogP contribution in [-0.2, 0) is 22.4 Å². The first-order valence-corrected chi connectivity index (χ1v) is 12.2. The van der Waals surface area contributed by atoms with Gasteiger partial charge in [0.2, 0.25) is 5.91 Å². The lowest BCUT2D eigenvalue weighted by molar-refractivity contribution is -0.118. The molecule has 1 aliphatic heterocycles. The number of nitrogens with zero attached hydrogens (tertiary/aromatic N) is 2. The molecule has 1 aliphatic carbocycles. The van der Waals surface area contributed by atoms with Crippen molar-refractivity contribution in [2.24, 2.45) is 0 Å². The number of rotatable bonds is 5. The third kappa shape index (κ3) is 4.97. The molecule has 1 aromatic heterocycles. The Morgan fingerprint density at radius 2 is 1.80 bits per heavy atom. The second kappa shape index (κ2) is 9.74. The quantitative estimate of drug-likeness (QED) is 0.549. The van der Waals surface area contributed by atoms with Gasteiger partial charge < -0.3 is 16.0 Å². The zero-order valence-electron chi connectivity index (χ0n) is 20.0. The predicted molar refractivity (Wildman–Crippen MR) is 140 cm³/mol. The number of aryl methyl sites for hydroxylation is 1. The number of carbonyl (C=O) groups is 2. The summed E-state index contributed by atoms with van der Waals surface area (Å²) in [4.78, 5) is 32.2. The van der Waals surface area contributed by atoms with E-state index in [1.165, 1.54) is 5.56 Å². The van der Waals surface area contributed by atoms with Gasteiger partial charge in [0.25, 0.3) is 5.91 Å². The maximum absolute atomic E-state index is 13.3. The molecule has 178 valence electrons. The molecule has 0 fully saturated rings. The van der Waals surface area contributed by atoms with Gasteiger partial charge in [0.05, 0.1) is 12.1 Å². The number of anilines is 3. The van der Waals surface area contributed by atoms with E-state index in [0.29, 0.717) is 18.1 Å². The number of hydrogen-bond donors (Lipinski definition) is 2. The van der Waals surface area contributed by atoms with E-state index in [1.807, 2.05) is 30.3 Å². The maximum atomic E-state index is 13.3. The Hall–Kier alpha value is -3.93. The number of nitrogen functional groups attached to an aromatic ring is 1. The average Bonchev–Trinajstić information content (AvgIpc) is 3.28. The lowest BCUT2D eigenvalue weighted by Crippen LogP contribution is -2.30. The third-order valence-electron chi connectivity index (χ3n) is 6.84. The lowest BCUT2D eigenvalue weighted by atomic mass is 9.86. The van der Waals surface area contributed by atoms with Gasteiger partial charge >= 0.3 is 0 Å². The number of benzene rings is 2.